The number of carbonyl (C=O) groups is 2. The minimum atomic E-state index is -0.241. The Morgan fingerprint density at radius 1 is 0.643 bits per heavy atom. The molecule has 0 saturated carbocycles. The number of para-hydroxylation sites is 2. The van der Waals surface area contributed by atoms with Crippen molar-refractivity contribution in [2.75, 3.05) is 0 Å². The fourth-order valence-electron chi connectivity index (χ4n) is 2.94. The summed E-state index contributed by atoms with van der Waals surface area (Å²) in [6, 6.07) is 14.7. The topological polar surface area (TPSA) is 52.6 Å². The van der Waals surface area contributed by atoms with Gasteiger partial charge in [-0.15, -0.1) is 0 Å². The van der Waals surface area contributed by atoms with Crippen LogP contribution in [0, 0.1) is 0 Å². The first-order valence-electron chi connectivity index (χ1n) is 10.3. The first-order chi connectivity index (χ1) is 13.7. The van der Waals surface area contributed by atoms with E-state index >= 15 is 0 Å². The second-order valence-electron chi connectivity index (χ2n) is 6.85. The molecule has 0 aromatic heterocycles. The van der Waals surface area contributed by atoms with Crippen molar-refractivity contribution in [3.8, 4) is 22.6 Å². The quantitative estimate of drug-likeness (QED) is 0.259. The monoisotopic (exact) mass is 382 g/mol. The summed E-state index contributed by atoms with van der Waals surface area (Å²) in [6.07, 6.45) is 6.57. The molecule has 2 aromatic rings. The summed E-state index contributed by atoms with van der Waals surface area (Å²) in [5, 5.41) is 0. The maximum absolute atomic E-state index is 12.2. The van der Waals surface area contributed by atoms with E-state index in [-0.39, 0.29) is 11.9 Å². The summed E-state index contributed by atoms with van der Waals surface area (Å²) in [5.74, 6) is 0.488. The zero-order chi connectivity index (χ0) is 20.2. The van der Waals surface area contributed by atoms with Crippen LogP contribution in [0.1, 0.15) is 65.2 Å². The molecule has 0 atom stereocenters. The largest absolute Gasteiger partial charge is 0.426 e. The molecule has 0 radical (unpaired) electrons. The molecule has 150 valence electrons. The van der Waals surface area contributed by atoms with Gasteiger partial charge in [-0.3, -0.25) is 9.59 Å². The second kappa shape index (κ2) is 12.0. The van der Waals surface area contributed by atoms with E-state index in [0.29, 0.717) is 24.3 Å². The normalized spacial score (nSPS) is 10.5. The third kappa shape index (κ3) is 6.84. The molecule has 2 aromatic carbocycles. The van der Waals surface area contributed by atoms with Crippen molar-refractivity contribution in [1.82, 2.24) is 0 Å². The lowest BCUT2D eigenvalue weighted by Gasteiger charge is -2.14. The highest BCUT2D eigenvalue weighted by Gasteiger charge is 2.15. The predicted octanol–water partition coefficient (Wildman–Crippen LogP) is 6.33. The van der Waals surface area contributed by atoms with Crippen LogP contribution in [0.2, 0.25) is 0 Å². The van der Waals surface area contributed by atoms with Crippen LogP contribution in [0.4, 0.5) is 0 Å². The number of rotatable bonds is 11. The third-order valence-electron chi connectivity index (χ3n) is 4.48. The maximum atomic E-state index is 12.2. The molecule has 0 saturated heterocycles. The summed E-state index contributed by atoms with van der Waals surface area (Å²) < 4.78 is 11.2. The zero-order valence-electron chi connectivity index (χ0n) is 16.9. The summed E-state index contributed by atoms with van der Waals surface area (Å²) in [7, 11) is 0. The first-order valence-corrected chi connectivity index (χ1v) is 10.3. The number of esters is 2. The predicted molar refractivity (Wildman–Crippen MR) is 111 cm³/mol. The molecule has 0 heterocycles. The number of carbonyl (C=O) groups excluding carboxylic acids is 2. The van der Waals surface area contributed by atoms with Crippen LogP contribution < -0.4 is 9.47 Å². The maximum Gasteiger partial charge on any atom is 0.311 e. The van der Waals surface area contributed by atoms with E-state index in [9.17, 15) is 9.59 Å². The Bertz CT molecular complexity index is 701. The minimum Gasteiger partial charge on any atom is -0.426 e. The van der Waals surface area contributed by atoms with Gasteiger partial charge in [-0.2, -0.15) is 0 Å². The molecular weight excluding hydrogens is 352 g/mol. The zero-order valence-corrected chi connectivity index (χ0v) is 16.9. The fourth-order valence-corrected chi connectivity index (χ4v) is 2.94. The van der Waals surface area contributed by atoms with E-state index in [2.05, 4.69) is 13.8 Å². The molecule has 4 nitrogen and oxygen atoms in total. The van der Waals surface area contributed by atoms with Gasteiger partial charge in [-0.25, -0.2) is 0 Å². The number of ether oxygens (including phenoxy) is 2. The van der Waals surface area contributed by atoms with Gasteiger partial charge in [0.15, 0.2) is 0 Å². The first kappa shape index (κ1) is 21.7. The lowest BCUT2D eigenvalue weighted by molar-refractivity contribution is -0.135. The minimum absolute atomic E-state index is 0.241. The van der Waals surface area contributed by atoms with Gasteiger partial charge in [0.2, 0.25) is 0 Å². The number of benzene rings is 2. The number of unbranched alkanes of at least 4 members (excludes halogenated alkanes) is 4. The molecule has 0 aliphatic carbocycles. The molecular formula is C24H30O4. The smallest absolute Gasteiger partial charge is 0.311 e. The Morgan fingerprint density at radius 3 is 1.43 bits per heavy atom. The SMILES string of the molecule is CCCCCC(=O)Oc1ccccc1-c1ccccc1OC(=O)CCCCC. The van der Waals surface area contributed by atoms with Crippen molar-refractivity contribution in [2.45, 2.75) is 65.2 Å². The number of hydrogen-bond donors (Lipinski definition) is 0. The van der Waals surface area contributed by atoms with Gasteiger partial charge in [0.25, 0.3) is 0 Å². The van der Waals surface area contributed by atoms with E-state index in [4.69, 9.17) is 9.47 Å². The van der Waals surface area contributed by atoms with Gasteiger partial charge >= 0.3 is 11.9 Å². The third-order valence-corrected chi connectivity index (χ3v) is 4.48. The van der Waals surface area contributed by atoms with Crippen LogP contribution in [0.15, 0.2) is 48.5 Å². The summed E-state index contributed by atoms with van der Waals surface area (Å²) >= 11 is 0. The molecule has 0 aliphatic heterocycles. The molecule has 28 heavy (non-hydrogen) atoms. The Labute approximate surface area is 167 Å². The van der Waals surface area contributed by atoms with E-state index in [1.165, 1.54) is 0 Å². The van der Waals surface area contributed by atoms with E-state index in [0.717, 1.165) is 49.7 Å². The van der Waals surface area contributed by atoms with Crippen LogP contribution in [0.3, 0.4) is 0 Å². The van der Waals surface area contributed by atoms with Crippen molar-refractivity contribution in [3.05, 3.63) is 48.5 Å². The molecule has 0 bridgehead atoms. The Hall–Kier alpha value is -2.62. The van der Waals surface area contributed by atoms with Gasteiger partial charge < -0.3 is 9.47 Å². The van der Waals surface area contributed by atoms with Crippen LogP contribution in [-0.4, -0.2) is 11.9 Å². The van der Waals surface area contributed by atoms with E-state index in [1.54, 1.807) is 12.1 Å². The molecule has 0 N–H and O–H groups in total. The molecule has 4 heteroatoms. The summed E-state index contributed by atoms with van der Waals surface area (Å²) in [4.78, 5) is 24.3. The lowest BCUT2D eigenvalue weighted by Crippen LogP contribution is -2.10. The van der Waals surface area contributed by atoms with E-state index in [1.807, 2.05) is 36.4 Å². The summed E-state index contributed by atoms with van der Waals surface area (Å²) in [6.45, 7) is 4.20. The van der Waals surface area contributed by atoms with Crippen LogP contribution >= 0.6 is 0 Å². The van der Waals surface area contributed by atoms with Gasteiger partial charge in [-0.1, -0.05) is 75.9 Å². The highest BCUT2D eigenvalue weighted by molar-refractivity contribution is 5.82. The number of hydrogen-bond acceptors (Lipinski definition) is 4. The van der Waals surface area contributed by atoms with Crippen molar-refractivity contribution >= 4 is 11.9 Å². The van der Waals surface area contributed by atoms with Crippen molar-refractivity contribution in [2.24, 2.45) is 0 Å². The molecule has 0 fully saturated rings. The average molecular weight is 383 g/mol. The molecule has 0 unspecified atom stereocenters. The Kier molecular flexibility index (Phi) is 9.26. The van der Waals surface area contributed by atoms with Gasteiger partial charge in [0, 0.05) is 24.0 Å². The highest BCUT2D eigenvalue weighted by atomic mass is 16.5. The Morgan fingerprint density at radius 2 is 1.04 bits per heavy atom. The molecule has 0 amide bonds. The van der Waals surface area contributed by atoms with Gasteiger partial charge in [0.1, 0.15) is 11.5 Å². The van der Waals surface area contributed by atoms with Crippen LogP contribution in [0.5, 0.6) is 11.5 Å². The average Bonchev–Trinajstić information content (AvgIpc) is 2.69. The highest BCUT2D eigenvalue weighted by Crippen LogP contribution is 2.36. The van der Waals surface area contributed by atoms with Crippen LogP contribution in [0.25, 0.3) is 11.1 Å². The van der Waals surface area contributed by atoms with E-state index < -0.39 is 0 Å². The fraction of sp³-hybridized carbons (Fsp3) is 0.417. The molecule has 0 spiro atoms. The Balaban J connectivity index is 2.17. The van der Waals surface area contributed by atoms with Crippen molar-refractivity contribution in [1.29, 1.82) is 0 Å². The van der Waals surface area contributed by atoms with Crippen molar-refractivity contribution < 1.29 is 19.1 Å². The van der Waals surface area contributed by atoms with Gasteiger partial charge in [-0.05, 0) is 25.0 Å². The molecule has 0 aliphatic rings. The summed E-state index contributed by atoms with van der Waals surface area (Å²) in [5.41, 5.74) is 1.48. The van der Waals surface area contributed by atoms with Crippen molar-refractivity contribution in [3.63, 3.8) is 0 Å². The molecule has 2 rings (SSSR count). The lowest BCUT2D eigenvalue weighted by atomic mass is 10.0. The van der Waals surface area contributed by atoms with Crippen LogP contribution in [-0.2, 0) is 9.59 Å². The van der Waals surface area contributed by atoms with Gasteiger partial charge in [0.05, 0.1) is 0 Å². The standard InChI is InChI=1S/C24H30O4/c1-3-5-7-17-23(25)27-21-15-11-9-13-19(21)20-14-10-12-16-22(20)28-24(26)18-8-6-4-2/h9-16H,3-8,17-18H2,1-2H3. The second-order valence-corrected chi connectivity index (χ2v) is 6.85.